The normalized spacial score (nSPS) is 11.2. The van der Waals surface area contributed by atoms with Gasteiger partial charge in [0, 0.05) is 6.54 Å². The molecule has 0 radical (unpaired) electrons. The number of rotatable bonds is 8. The Morgan fingerprint density at radius 1 is 0.862 bits per heavy atom. The maximum atomic E-state index is 12.4. The molecular weight excluding hydrogens is 392 g/mol. The molecule has 0 heterocycles. The molecule has 7 nitrogen and oxygen atoms in total. The van der Waals surface area contributed by atoms with Gasteiger partial charge in [-0.3, -0.25) is 9.59 Å². The van der Waals surface area contributed by atoms with Gasteiger partial charge in [-0.15, -0.1) is 0 Å². The summed E-state index contributed by atoms with van der Waals surface area (Å²) in [5, 5.41) is 4.30. The first-order valence-electron chi connectivity index (χ1n) is 8.89. The molecule has 150 valence electrons. The van der Waals surface area contributed by atoms with E-state index in [0.717, 1.165) is 16.3 Å². The minimum absolute atomic E-state index is 0.0459. The van der Waals surface area contributed by atoms with Crippen molar-refractivity contribution in [2.45, 2.75) is 11.4 Å². The van der Waals surface area contributed by atoms with Crippen molar-refractivity contribution in [1.82, 2.24) is 10.0 Å². The molecule has 8 heteroatoms. The summed E-state index contributed by atoms with van der Waals surface area (Å²) in [7, 11) is -3.88. The van der Waals surface area contributed by atoms with Gasteiger partial charge < -0.3 is 10.1 Å². The van der Waals surface area contributed by atoms with Crippen LogP contribution < -0.4 is 10.0 Å². The quantitative estimate of drug-likeness (QED) is 0.551. The Balaban J connectivity index is 1.47. The third kappa shape index (κ3) is 5.87. The summed E-state index contributed by atoms with van der Waals surface area (Å²) < 4.78 is 31.8. The highest BCUT2D eigenvalue weighted by atomic mass is 32.2. The third-order valence-electron chi connectivity index (χ3n) is 4.13. The van der Waals surface area contributed by atoms with E-state index in [1.807, 2.05) is 48.5 Å². The van der Waals surface area contributed by atoms with Crippen LogP contribution in [0.5, 0.6) is 0 Å². The lowest BCUT2D eigenvalue weighted by Gasteiger charge is -2.09. The predicted molar refractivity (Wildman–Crippen MR) is 108 cm³/mol. The summed E-state index contributed by atoms with van der Waals surface area (Å²) in [4.78, 5) is 23.6. The van der Waals surface area contributed by atoms with Crippen molar-refractivity contribution in [1.29, 1.82) is 0 Å². The van der Waals surface area contributed by atoms with Crippen LogP contribution >= 0.6 is 0 Å². The topological polar surface area (TPSA) is 102 Å². The molecule has 3 aromatic rings. The Morgan fingerprint density at radius 2 is 1.55 bits per heavy atom. The molecule has 0 saturated carbocycles. The molecule has 0 aromatic heterocycles. The zero-order chi connectivity index (χ0) is 20.7. The van der Waals surface area contributed by atoms with Crippen LogP contribution in [0.4, 0.5) is 0 Å². The van der Waals surface area contributed by atoms with Crippen molar-refractivity contribution >= 4 is 32.7 Å². The third-order valence-corrected chi connectivity index (χ3v) is 5.53. The summed E-state index contributed by atoms with van der Waals surface area (Å²) in [6.07, 6.45) is 0. The smallest absolute Gasteiger partial charge is 0.321 e. The van der Waals surface area contributed by atoms with E-state index in [1.165, 1.54) is 12.1 Å². The molecule has 0 bridgehead atoms. The van der Waals surface area contributed by atoms with E-state index in [9.17, 15) is 18.0 Å². The molecule has 0 aliphatic rings. The Labute approximate surface area is 168 Å². The van der Waals surface area contributed by atoms with Crippen LogP contribution in [0.3, 0.4) is 0 Å². The Hall–Kier alpha value is -3.23. The van der Waals surface area contributed by atoms with Gasteiger partial charge in [-0.05, 0) is 28.5 Å². The monoisotopic (exact) mass is 412 g/mol. The van der Waals surface area contributed by atoms with Gasteiger partial charge in [-0.2, -0.15) is 4.72 Å². The molecule has 0 atom stereocenters. The van der Waals surface area contributed by atoms with Gasteiger partial charge in [0.05, 0.1) is 4.90 Å². The van der Waals surface area contributed by atoms with Gasteiger partial charge in [0.25, 0.3) is 5.91 Å². The molecule has 0 spiro atoms. The van der Waals surface area contributed by atoms with Crippen molar-refractivity contribution in [2.75, 3.05) is 13.2 Å². The molecule has 2 N–H and O–H groups in total. The van der Waals surface area contributed by atoms with Crippen molar-refractivity contribution in [3.05, 3.63) is 78.4 Å². The van der Waals surface area contributed by atoms with Crippen LogP contribution in [0.2, 0.25) is 0 Å². The molecule has 3 aromatic carbocycles. The molecule has 0 saturated heterocycles. The highest BCUT2D eigenvalue weighted by molar-refractivity contribution is 7.89. The maximum absolute atomic E-state index is 12.4. The van der Waals surface area contributed by atoms with Crippen LogP contribution in [0.25, 0.3) is 10.8 Å². The second-order valence-corrected chi connectivity index (χ2v) is 8.02. The van der Waals surface area contributed by atoms with Gasteiger partial charge in [0.1, 0.15) is 6.54 Å². The van der Waals surface area contributed by atoms with Crippen LogP contribution in [-0.2, 0) is 30.9 Å². The van der Waals surface area contributed by atoms with Crippen molar-refractivity contribution < 1.29 is 22.7 Å². The number of fused-ring (bicyclic) bond motifs is 1. The molecule has 1 amide bonds. The summed E-state index contributed by atoms with van der Waals surface area (Å²) >= 11 is 0. The van der Waals surface area contributed by atoms with Crippen LogP contribution in [-0.4, -0.2) is 33.4 Å². The second kappa shape index (κ2) is 9.31. The fraction of sp³-hybridized carbons (Fsp3) is 0.143. The average molecular weight is 412 g/mol. The lowest BCUT2D eigenvalue weighted by Crippen LogP contribution is -2.33. The SMILES string of the molecule is O=C(COC(=O)CNS(=O)(=O)c1ccc2ccccc2c1)NCc1ccccc1. The van der Waals surface area contributed by atoms with E-state index in [2.05, 4.69) is 10.0 Å². The predicted octanol–water partition coefficient (Wildman–Crippen LogP) is 1.98. The largest absolute Gasteiger partial charge is 0.455 e. The molecule has 0 unspecified atom stereocenters. The van der Waals surface area contributed by atoms with E-state index in [-0.39, 0.29) is 4.90 Å². The number of amides is 1. The Bertz CT molecular complexity index is 1110. The van der Waals surface area contributed by atoms with E-state index in [1.54, 1.807) is 12.1 Å². The first kappa shape index (κ1) is 20.5. The molecular formula is C21H20N2O5S. The van der Waals surface area contributed by atoms with Gasteiger partial charge in [-0.1, -0.05) is 60.7 Å². The fourth-order valence-corrected chi connectivity index (χ4v) is 3.62. The Kier molecular flexibility index (Phi) is 6.58. The van der Waals surface area contributed by atoms with Crippen molar-refractivity contribution in [2.24, 2.45) is 0 Å². The van der Waals surface area contributed by atoms with Crippen molar-refractivity contribution in [3.8, 4) is 0 Å². The zero-order valence-corrected chi connectivity index (χ0v) is 16.3. The molecule has 3 rings (SSSR count). The number of hydrogen-bond donors (Lipinski definition) is 2. The number of sulfonamides is 1. The zero-order valence-electron chi connectivity index (χ0n) is 15.5. The number of carbonyl (C=O) groups is 2. The average Bonchev–Trinajstić information content (AvgIpc) is 2.75. The fourth-order valence-electron chi connectivity index (χ4n) is 2.62. The lowest BCUT2D eigenvalue weighted by molar-refractivity contribution is -0.147. The summed E-state index contributed by atoms with van der Waals surface area (Å²) in [6.45, 7) is -0.740. The van der Waals surface area contributed by atoms with Crippen LogP contribution in [0, 0.1) is 0 Å². The Morgan fingerprint density at radius 3 is 2.31 bits per heavy atom. The van der Waals surface area contributed by atoms with E-state index in [4.69, 9.17) is 4.74 Å². The van der Waals surface area contributed by atoms with Crippen molar-refractivity contribution in [3.63, 3.8) is 0 Å². The number of benzene rings is 3. The van der Waals surface area contributed by atoms with E-state index < -0.39 is 35.1 Å². The first-order valence-corrected chi connectivity index (χ1v) is 10.4. The first-order chi connectivity index (χ1) is 13.9. The minimum Gasteiger partial charge on any atom is -0.455 e. The van der Waals surface area contributed by atoms with Gasteiger partial charge in [-0.25, -0.2) is 8.42 Å². The van der Waals surface area contributed by atoms with Crippen LogP contribution in [0.15, 0.2) is 77.7 Å². The molecule has 29 heavy (non-hydrogen) atoms. The highest BCUT2D eigenvalue weighted by Crippen LogP contribution is 2.18. The summed E-state index contributed by atoms with van der Waals surface area (Å²) in [5.74, 6) is -1.32. The van der Waals surface area contributed by atoms with Gasteiger partial charge in [0.15, 0.2) is 6.61 Å². The number of esters is 1. The second-order valence-electron chi connectivity index (χ2n) is 6.26. The highest BCUT2D eigenvalue weighted by Gasteiger charge is 2.17. The van der Waals surface area contributed by atoms with Gasteiger partial charge in [0.2, 0.25) is 10.0 Å². The van der Waals surface area contributed by atoms with E-state index in [0.29, 0.717) is 6.54 Å². The van der Waals surface area contributed by atoms with Crippen LogP contribution in [0.1, 0.15) is 5.56 Å². The number of carbonyl (C=O) groups excluding carboxylic acids is 2. The standard InChI is InChI=1S/C21H20N2O5S/c24-20(22-13-16-6-2-1-3-7-16)15-28-21(25)14-23-29(26,27)19-11-10-17-8-4-5-9-18(17)12-19/h1-12,23H,13-15H2,(H,22,24). The molecule has 0 aliphatic heterocycles. The van der Waals surface area contributed by atoms with E-state index >= 15 is 0 Å². The number of ether oxygens (including phenoxy) is 1. The van der Waals surface area contributed by atoms with Gasteiger partial charge >= 0.3 is 5.97 Å². The number of hydrogen-bond acceptors (Lipinski definition) is 5. The molecule has 0 aliphatic carbocycles. The number of nitrogens with one attached hydrogen (secondary N) is 2. The maximum Gasteiger partial charge on any atom is 0.321 e. The summed E-state index contributed by atoms with van der Waals surface area (Å²) in [6, 6.07) is 21.3. The molecule has 0 fully saturated rings. The minimum atomic E-state index is -3.88. The lowest BCUT2D eigenvalue weighted by atomic mass is 10.1. The summed E-state index contributed by atoms with van der Waals surface area (Å²) in [5.41, 5.74) is 0.912.